The van der Waals surface area contributed by atoms with Gasteiger partial charge < -0.3 is 15.5 Å². The lowest BCUT2D eigenvalue weighted by molar-refractivity contribution is -0.130. The zero-order chi connectivity index (χ0) is 18.0. The monoisotopic (exact) mass is 364 g/mol. The van der Waals surface area contributed by atoms with Crippen LogP contribution in [0.3, 0.4) is 0 Å². The third kappa shape index (κ3) is 4.58. The van der Waals surface area contributed by atoms with Crippen LogP contribution in [0.1, 0.15) is 39.3 Å². The summed E-state index contributed by atoms with van der Waals surface area (Å²) < 4.78 is 0. The standard InChI is InChI=1S/C18H28N4O2S/c1-18(2,3)16(24)21-17-20-14(11-25-17)8-15(23)22-6-4-12-9-19-10-13(12)5-7-22/h11-13,19H,4-10H2,1-3H3,(H,20,21,24)/t12-,13+. The third-order valence-electron chi connectivity index (χ3n) is 5.16. The number of anilines is 1. The number of thiazole rings is 1. The highest BCUT2D eigenvalue weighted by molar-refractivity contribution is 7.13. The van der Waals surface area contributed by atoms with Gasteiger partial charge in [-0.1, -0.05) is 20.8 Å². The second kappa shape index (κ2) is 7.41. The number of fused-ring (bicyclic) bond motifs is 1. The number of hydrogen-bond donors (Lipinski definition) is 2. The first-order valence-electron chi connectivity index (χ1n) is 9.07. The van der Waals surface area contributed by atoms with Crippen LogP contribution in [0.15, 0.2) is 5.38 Å². The minimum Gasteiger partial charge on any atom is -0.342 e. The van der Waals surface area contributed by atoms with Crippen molar-refractivity contribution < 1.29 is 9.59 Å². The molecule has 0 aromatic carbocycles. The molecule has 0 saturated carbocycles. The molecule has 0 bridgehead atoms. The zero-order valence-electron chi connectivity index (χ0n) is 15.3. The quantitative estimate of drug-likeness (QED) is 0.862. The summed E-state index contributed by atoms with van der Waals surface area (Å²) in [6.07, 6.45) is 2.50. The van der Waals surface area contributed by atoms with Crippen molar-refractivity contribution in [3.05, 3.63) is 11.1 Å². The maximum atomic E-state index is 12.6. The number of aromatic nitrogens is 1. The Labute approximate surface area is 153 Å². The van der Waals surface area contributed by atoms with Gasteiger partial charge in [-0.3, -0.25) is 9.59 Å². The minimum absolute atomic E-state index is 0.0626. The van der Waals surface area contributed by atoms with Crippen LogP contribution in [-0.4, -0.2) is 47.9 Å². The summed E-state index contributed by atoms with van der Waals surface area (Å²) in [6, 6.07) is 0. The molecule has 6 nitrogen and oxygen atoms in total. The summed E-state index contributed by atoms with van der Waals surface area (Å²) in [4.78, 5) is 31.0. The highest BCUT2D eigenvalue weighted by Crippen LogP contribution is 2.27. The number of likely N-dealkylation sites (tertiary alicyclic amines) is 1. The Morgan fingerprint density at radius 3 is 2.52 bits per heavy atom. The van der Waals surface area contributed by atoms with Crippen molar-refractivity contribution in [2.24, 2.45) is 17.3 Å². The topological polar surface area (TPSA) is 74.3 Å². The molecule has 2 N–H and O–H groups in total. The molecule has 2 aliphatic heterocycles. The number of rotatable bonds is 3. The van der Waals surface area contributed by atoms with E-state index < -0.39 is 5.41 Å². The van der Waals surface area contributed by atoms with Gasteiger partial charge in [-0.2, -0.15) is 0 Å². The Kier molecular flexibility index (Phi) is 5.43. The van der Waals surface area contributed by atoms with Crippen molar-refractivity contribution in [1.82, 2.24) is 15.2 Å². The molecule has 138 valence electrons. The molecule has 2 saturated heterocycles. The molecular weight excluding hydrogens is 336 g/mol. The van der Waals surface area contributed by atoms with Crippen molar-refractivity contribution >= 4 is 28.3 Å². The van der Waals surface area contributed by atoms with E-state index in [0.717, 1.165) is 56.6 Å². The Bertz CT molecular complexity index is 623. The zero-order valence-corrected chi connectivity index (χ0v) is 16.1. The molecule has 2 aliphatic rings. The molecule has 2 amide bonds. The molecule has 1 aromatic rings. The largest absolute Gasteiger partial charge is 0.342 e. The fraction of sp³-hybridized carbons (Fsp3) is 0.722. The molecule has 0 aliphatic carbocycles. The van der Waals surface area contributed by atoms with Crippen molar-refractivity contribution in [2.45, 2.75) is 40.0 Å². The SMILES string of the molecule is CC(C)(C)C(=O)Nc1nc(CC(=O)N2CC[C@@H]3CNC[C@@H]3CC2)cs1. The number of carbonyl (C=O) groups excluding carboxylic acids is 2. The molecule has 3 heterocycles. The summed E-state index contributed by atoms with van der Waals surface area (Å²) in [5, 5.41) is 8.72. The Morgan fingerprint density at radius 1 is 1.28 bits per heavy atom. The Morgan fingerprint density at radius 2 is 1.92 bits per heavy atom. The first kappa shape index (κ1) is 18.3. The molecule has 7 heteroatoms. The summed E-state index contributed by atoms with van der Waals surface area (Å²) in [7, 11) is 0. The summed E-state index contributed by atoms with van der Waals surface area (Å²) in [5.41, 5.74) is 0.283. The summed E-state index contributed by atoms with van der Waals surface area (Å²) in [6.45, 7) is 9.48. The highest BCUT2D eigenvalue weighted by Gasteiger charge is 2.31. The van der Waals surface area contributed by atoms with E-state index in [1.165, 1.54) is 11.3 Å². The number of carbonyl (C=O) groups is 2. The molecule has 0 radical (unpaired) electrons. The first-order valence-corrected chi connectivity index (χ1v) is 9.95. The van der Waals surface area contributed by atoms with E-state index in [4.69, 9.17) is 0 Å². The molecule has 0 unspecified atom stereocenters. The predicted octanol–water partition coefficient (Wildman–Crippen LogP) is 2.13. The van der Waals surface area contributed by atoms with Crippen molar-refractivity contribution in [3.8, 4) is 0 Å². The fourth-order valence-electron chi connectivity index (χ4n) is 3.46. The second-order valence-corrected chi connectivity index (χ2v) is 9.02. The van der Waals surface area contributed by atoms with Gasteiger partial charge in [-0.05, 0) is 37.8 Å². The Balaban J connectivity index is 1.54. The lowest BCUT2D eigenvalue weighted by atomic mass is 9.92. The van der Waals surface area contributed by atoms with Crippen molar-refractivity contribution in [2.75, 3.05) is 31.5 Å². The minimum atomic E-state index is -0.458. The van der Waals surface area contributed by atoms with Gasteiger partial charge in [0.25, 0.3) is 0 Å². The number of nitrogens with zero attached hydrogens (tertiary/aromatic N) is 2. The summed E-state index contributed by atoms with van der Waals surface area (Å²) >= 11 is 1.38. The van der Waals surface area contributed by atoms with E-state index in [2.05, 4.69) is 15.6 Å². The maximum absolute atomic E-state index is 12.6. The van der Waals surface area contributed by atoms with Crippen LogP contribution >= 0.6 is 11.3 Å². The van der Waals surface area contributed by atoms with Crippen LogP contribution in [0.5, 0.6) is 0 Å². The van der Waals surface area contributed by atoms with E-state index in [1.54, 1.807) is 0 Å². The lowest BCUT2D eigenvalue weighted by Gasteiger charge is -2.20. The van der Waals surface area contributed by atoms with Crippen LogP contribution in [-0.2, 0) is 16.0 Å². The average Bonchev–Trinajstić information content (AvgIpc) is 3.11. The van der Waals surface area contributed by atoms with E-state index in [0.29, 0.717) is 11.6 Å². The van der Waals surface area contributed by atoms with Crippen molar-refractivity contribution in [3.63, 3.8) is 0 Å². The molecule has 2 atom stereocenters. The van der Waals surface area contributed by atoms with Crippen LogP contribution in [0.4, 0.5) is 5.13 Å². The summed E-state index contributed by atoms with van der Waals surface area (Å²) in [5.74, 6) is 1.52. The van der Waals surface area contributed by atoms with Crippen molar-refractivity contribution in [1.29, 1.82) is 0 Å². The van der Waals surface area contributed by atoms with Crippen LogP contribution in [0.25, 0.3) is 0 Å². The second-order valence-electron chi connectivity index (χ2n) is 8.16. The van der Waals surface area contributed by atoms with Gasteiger partial charge in [0.1, 0.15) is 0 Å². The van der Waals surface area contributed by atoms with Gasteiger partial charge in [0.05, 0.1) is 12.1 Å². The predicted molar refractivity (Wildman–Crippen MR) is 99.6 cm³/mol. The number of hydrogen-bond acceptors (Lipinski definition) is 5. The van der Waals surface area contributed by atoms with Gasteiger partial charge in [0.2, 0.25) is 11.8 Å². The first-order chi connectivity index (χ1) is 11.8. The third-order valence-corrected chi connectivity index (χ3v) is 5.96. The molecule has 0 spiro atoms. The molecular formula is C18H28N4O2S. The van der Waals surface area contributed by atoms with Crippen LogP contribution in [0, 0.1) is 17.3 Å². The highest BCUT2D eigenvalue weighted by atomic mass is 32.1. The smallest absolute Gasteiger partial charge is 0.231 e. The van der Waals surface area contributed by atoms with E-state index in [1.807, 2.05) is 31.1 Å². The molecule has 1 aromatic heterocycles. The van der Waals surface area contributed by atoms with Gasteiger partial charge in [0, 0.05) is 23.9 Å². The number of nitrogens with one attached hydrogen (secondary N) is 2. The van der Waals surface area contributed by atoms with Crippen LogP contribution in [0.2, 0.25) is 0 Å². The van der Waals surface area contributed by atoms with Gasteiger partial charge in [0.15, 0.2) is 5.13 Å². The van der Waals surface area contributed by atoms with Gasteiger partial charge in [-0.25, -0.2) is 4.98 Å². The van der Waals surface area contributed by atoms with Gasteiger partial charge in [-0.15, -0.1) is 11.3 Å². The van der Waals surface area contributed by atoms with E-state index in [-0.39, 0.29) is 11.8 Å². The van der Waals surface area contributed by atoms with E-state index in [9.17, 15) is 9.59 Å². The maximum Gasteiger partial charge on any atom is 0.231 e. The molecule has 25 heavy (non-hydrogen) atoms. The normalized spacial score (nSPS) is 23.9. The fourth-order valence-corrected chi connectivity index (χ4v) is 4.17. The Hall–Kier alpha value is -1.47. The molecule has 3 rings (SSSR count). The lowest BCUT2D eigenvalue weighted by Crippen LogP contribution is -2.34. The number of amides is 2. The van der Waals surface area contributed by atoms with Gasteiger partial charge >= 0.3 is 0 Å². The average molecular weight is 365 g/mol. The molecule has 2 fully saturated rings. The van der Waals surface area contributed by atoms with Crippen LogP contribution < -0.4 is 10.6 Å². The van der Waals surface area contributed by atoms with E-state index >= 15 is 0 Å².